The molecule has 0 amide bonds. The first-order valence-electron chi connectivity index (χ1n) is 6.47. The Hall–Kier alpha value is -2.78. The van der Waals surface area contributed by atoms with Gasteiger partial charge in [-0.15, -0.1) is 11.8 Å². The third kappa shape index (κ3) is 3.65. The smallest absolute Gasteiger partial charge is 0.201 e. The van der Waals surface area contributed by atoms with Crippen molar-refractivity contribution in [2.45, 2.75) is 4.90 Å². The molecule has 22 heavy (non-hydrogen) atoms. The number of amidine groups is 1. The highest BCUT2D eigenvalue weighted by Gasteiger charge is 2.06. The minimum absolute atomic E-state index is 0.146. The Kier molecular flexibility index (Phi) is 5.17. The lowest BCUT2D eigenvalue weighted by molar-refractivity contribution is 1.33. The Morgan fingerprint density at radius 2 is 1.91 bits per heavy atom. The zero-order valence-electron chi connectivity index (χ0n) is 12.0. The molecule has 0 aliphatic rings. The van der Waals surface area contributed by atoms with Gasteiger partial charge in [0.25, 0.3) is 0 Å². The number of hydrogen-bond acceptors (Lipinski definition) is 5. The quantitative estimate of drug-likeness (QED) is 0.341. The number of nitrogens with zero attached hydrogens (tertiary/aromatic N) is 2. The Morgan fingerprint density at radius 1 is 1.23 bits per heavy atom. The summed E-state index contributed by atoms with van der Waals surface area (Å²) in [5.41, 5.74) is 10.7. The van der Waals surface area contributed by atoms with Crippen molar-refractivity contribution in [2.24, 2.45) is 10.8 Å². The van der Waals surface area contributed by atoms with Gasteiger partial charge < -0.3 is 5.73 Å². The van der Waals surface area contributed by atoms with Crippen LogP contribution in [-0.2, 0) is 0 Å². The zero-order chi connectivity index (χ0) is 15.9. The maximum atomic E-state index is 8.87. The zero-order valence-corrected chi connectivity index (χ0v) is 12.8. The van der Waals surface area contributed by atoms with E-state index >= 15 is 0 Å². The number of nitrogens with two attached hydrogens (primary N) is 1. The average Bonchev–Trinajstić information content (AvgIpc) is 2.55. The van der Waals surface area contributed by atoms with Crippen LogP contribution in [0.5, 0.6) is 0 Å². The van der Waals surface area contributed by atoms with E-state index in [9.17, 15) is 0 Å². The number of benzene rings is 2. The average molecular weight is 309 g/mol. The van der Waals surface area contributed by atoms with Crippen LogP contribution in [-0.4, -0.2) is 17.8 Å². The molecule has 0 atom stereocenters. The molecule has 0 aliphatic carbocycles. The molecule has 0 heterocycles. The Balaban J connectivity index is 2.34. The fraction of sp³-hybridized carbons (Fsp3) is 0.0625. The molecule has 0 aromatic heterocycles. The van der Waals surface area contributed by atoms with Crippen LogP contribution in [0.15, 0.2) is 58.5 Å². The standard InChI is InChI=1S/C16H15N5S/c1-22-12-8-6-11(7-9-12)13-4-2-3-5-14(13)20-21-15(10-17)16(18)19/h2-9,20H,1H3,(H3,18,19)/b21-15+. The SMILES string of the molecule is CSc1ccc(-c2ccccc2N/N=C(\C#N)C(=N)N)cc1. The summed E-state index contributed by atoms with van der Waals surface area (Å²) >= 11 is 1.69. The minimum atomic E-state index is -0.364. The van der Waals surface area contributed by atoms with Crippen LogP contribution in [0.25, 0.3) is 11.1 Å². The molecule has 2 aromatic rings. The van der Waals surface area contributed by atoms with Crippen molar-refractivity contribution in [1.82, 2.24) is 0 Å². The van der Waals surface area contributed by atoms with Crippen molar-refractivity contribution < 1.29 is 0 Å². The largest absolute Gasteiger partial charge is 0.382 e. The molecule has 2 aromatic carbocycles. The molecular weight excluding hydrogens is 294 g/mol. The molecular formula is C16H15N5S. The summed E-state index contributed by atoms with van der Waals surface area (Å²) in [6.45, 7) is 0. The predicted molar refractivity (Wildman–Crippen MR) is 92.2 cm³/mol. The summed E-state index contributed by atoms with van der Waals surface area (Å²) in [7, 11) is 0. The lowest BCUT2D eigenvalue weighted by Crippen LogP contribution is -2.21. The van der Waals surface area contributed by atoms with Crippen molar-refractivity contribution >= 4 is 29.0 Å². The monoisotopic (exact) mass is 309 g/mol. The third-order valence-corrected chi connectivity index (χ3v) is 3.72. The topological polar surface area (TPSA) is 98.0 Å². The van der Waals surface area contributed by atoms with E-state index < -0.39 is 0 Å². The highest BCUT2D eigenvalue weighted by Crippen LogP contribution is 2.29. The van der Waals surface area contributed by atoms with E-state index in [2.05, 4.69) is 22.7 Å². The van der Waals surface area contributed by atoms with E-state index in [0.29, 0.717) is 0 Å². The summed E-state index contributed by atoms with van der Waals surface area (Å²) in [6.07, 6.45) is 2.03. The molecule has 0 fully saturated rings. The summed E-state index contributed by atoms with van der Waals surface area (Å²) in [6, 6.07) is 17.6. The Bertz CT molecular complexity index is 744. The Labute approximate surface area is 133 Å². The number of nitriles is 1. The van der Waals surface area contributed by atoms with Crippen molar-refractivity contribution in [1.29, 1.82) is 10.7 Å². The van der Waals surface area contributed by atoms with Gasteiger partial charge in [0, 0.05) is 10.5 Å². The molecule has 0 saturated heterocycles. The van der Waals surface area contributed by atoms with Gasteiger partial charge in [-0.2, -0.15) is 10.4 Å². The van der Waals surface area contributed by atoms with E-state index in [1.54, 1.807) is 17.8 Å². The molecule has 4 N–H and O–H groups in total. The Morgan fingerprint density at radius 3 is 2.50 bits per heavy atom. The van der Waals surface area contributed by atoms with E-state index in [1.807, 2.05) is 42.7 Å². The van der Waals surface area contributed by atoms with Crippen LogP contribution in [0, 0.1) is 16.7 Å². The number of para-hydroxylation sites is 1. The number of nitrogens with one attached hydrogen (secondary N) is 2. The first kappa shape index (κ1) is 15.6. The van der Waals surface area contributed by atoms with Crippen molar-refractivity contribution in [3.8, 4) is 17.2 Å². The molecule has 0 radical (unpaired) electrons. The molecule has 110 valence electrons. The second-order valence-electron chi connectivity index (χ2n) is 4.37. The molecule has 6 heteroatoms. The number of thioether (sulfide) groups is 1. The highest BCUT2D eigenvalue weighted by atomic mass is 32.2. The molecule has 0 aliphatic heterocycles. The maximum absolute atomic E-state index is 8.87. The lowest BCUT2D eigenvalue weighted by Gasteiger charge is -2.09. The molecule has 0 saturated carbocycles. The molecule has 0 bridgehead atoms. The van der Waals surface area contributed by atoms with Gasteiger partial charge in [0.05, 0.1) is 5.69 Å². The number of hydrogen-bond donors (Lipinski definition) is 3. The van der Waals surface area contributed by atoms with Gasteiger partial charge in [-0.25, -0.2) is 0 Å². The van der Waals surface area contributed by atoms with Crippen molar-refractivity contribution in [2.75, 3.05) is 11.7 Å². The van der Waals surface area contributed by atoms with Gasteiger partial charge >= 0.3 is 0 Å². The highest BCUT2D eigenvalue weighted by molar-refractivity contribution is 7.98. The number of rotatable bonds is 5. The van der Waals surface area contributed by atoms with Gasteiger partial charge in [-0.1, -0.05) is 30.3 Å². The lowest BCUT2D eigenvalue weighted by atomic mass is 10.0. The van der Waals surface area contributed by atoms with Crippen molar-refractivity contribution in [3.63, 3.8) is 0 Å². The molecule has 2 rings (SSSR count). The molecule has 5 nitrogen and oxygen atoms in total. The predicted octanol–water partition coefficient (Wildman–Crippen LogP) is 3.30. The van der Waals surface area contributed by atoms with Crippen LogP contribution in [0.3, 0.4) is 0 Å². The third-order valence-electron chi connectivity index (χ3n) is 2.98. The first-order valence-corrected chi connectivity index (χ1v) is 7.70. The van der Waals surface area contributed by atoms with Gasteiger partial charge in [-0.3, -0.25) is 10.8 Å². The number of anilines is 1. The summed E-state index contributed by atoms with van der Waals surface area (Å²) in [5, 5.41) is 20.0. The summed E-state index contributed by atoms with van der Waals surface area (Å²) in [5.74, 6) is -0.364. The summed E-state index contributed by atoms with van der Waals surface area (Å²) < 4.78 is 0. The van der Waals surface area contributed by atoms with E-state index in [4.69, 9.17) is 16.4 Å². The van der Waals surface area contributed by atoms with Crippen LogP contribution < -0.4 is 11.2 Å². The van der Waals surface area contributed by atoms with E-state index in [0.717, 1.165) is 16.8 Å². The second kappa shape index (κ2) is 7.29. The number of hydrazone groups is 1. The van der Waals surface area contributed by atoms with Crippen LogP contribution in [0.1, 0.15) is 0 Å². The van der Waals surface area contributed by atoms with Gasteiger partial charge in [-0.05, 0) is 30.0 Å². The maximum Gasteiger partial charge on any atom is 0.201 e. The molecule has 0 unspecified atom stereocenters. The second-order valence-corrected chi connectivity index (χ2v) is 5.25. The first-order chi connectivity index (χ1) is 10.7. The van der Waals surface area contributed by atoms with Gasteiger partial charge in [0.15, 0.2) is 5.84 Å². The fourth-order valence-corrected chi connectivity index (χ4v) is 2.27. The van der Waals surface area contributed by atoms with Crippen molar-refractivity contribution in [3.05, 3.63) is 48.5 Å². The van der Waals surface area contributed by atoms with E-state index in [-0.39, 0.29) is 11.5 Å². The van der Waals surface area contributed by atoms with Crippen LogP contribution in [0.4, 0.5) is 5.69 Å². The van der Waals surface area contributed by atoms with Crippen LogP contribution in [0.2, 0.25) is 0 Å². The van der Waals surface area contributed by atoms with Gasteiger partial charge in [0.1, 0.15) is 6.07 Å². The van der Waals surface area contributed by atoms with E-state index in [1.165, 1.54) is 4.90 Å². The minimum Gasteiger partial charge on any atom is -0.382 e. The van der Waals surface area contributed by atoms with Crippen LogP contribution >= 0.6 is 11.8 Å². The van der Waals surface area contributed by atoms with Gasteiger partial charge in [0.2, 0.25) is 5.71 Å². The fourth-order valence-electron chi connectivity index (χ4n) is 1.86. The normalized spacial score (nSPS) is 10.8. The molecule has 0 spiro atoms. The summed E-state index contributed by atoms with van der Waals surface area (Å²) in [4.78, 5) is 1.19.